The van der Waals surface area contributed by atoms with Gasteiger partial charge >= 0.3 is 0 Å². The smallest absolute Gasteiger partial charge is 0.225 e. The fourth-order valence-corrected chi connectivity index (χ4v) is 5.07. The molecule has 3 aromatic heterocycles. The van der Waals surface area contributed by atoms with Gasteiger partial charge in [0.2, 0.25) is 5.95 Å². The third kappa shape index (κ3) is 4.79. The van der Waals surface area contributed by atoms with Gasteiger partial charge in [-0.2, -0.15) is 0 Å². The van der Waals surface area contributed by atoms with Crippen molar-refractivity contribution in [2.45, 2.75) is 25.9 Å². The SMILES string of the molecule is CC1CN(c2ncc(Cl)cn2)CCC1c1nc(COc2ccc(-n3cnnn3)cc2F)cs1. The molecule has 1 fully saturated rings. The van der Waals surface area contributed by atoms with Gasteiger partial charge in [0.15, 0.2) is 11.6 Å². The van der Waals surface area contributed by atoms with Crippen molar-refractivity contribution in [3.63, 3.8) is 0 Å². The van der Waals surface area contributed by atoms with Gasteiger partial charge in [0.25, 0.3) is 0 Å². The molecule has 4 heterocycles. The largest absolute Gasteiger partial charge is 0.484 e. The highest BCUT2D eigenvalue weighted by Gasteiger charge is 2.30. The Balaban J connectivity index is 1.20. The third-order valence-corrected chi connectivity index (χ3v) is 6.81. The van der Waals surface area contributed by atoms with Crippen LogP contribution >= 0.6 is 22.9 Å². The van der Waals surface area contributed by atoms with Crippen molar-refractivity contribution >= 4 is 28.9 Å². The van der Waals surface area contributed by atoms with E-state index in [-0.39, 0.29) is 12.4 Å². The van der Waals surface area contributed by atoms with Crippen LogP contribution in [0.25, 0.3) is 5.69 Å². The summed E-state index contributed by atoms with van der Waals surface area (Å²) in [5.41, 5.74) is 1.31. The highest BCUT2D eigenvalue weighted by atomic mass is 35.5. The van der Waals surface area contributed by atoms with Gasteiger partial charge in [0, 0.05) is 30.5 Å². The minimum absolute atomic E-state index is 0.158. The molecule has 1 aliphatic heterocycles. The fraction of sp³-hybridized carbons (Fsp3) is 0.333. The monoisotopic (exact) mass is 486 g/mol. The molecular formula is C21H20ClFN8OS. The van der Waals surface area contributed by atoms with Gasteiger partial charge in [-0.1, -0.05) is 18.5 Å². The number of aromatic nitrogens is 7. The Kier molecular flexibility index (Phi) is 6.14. The topological polar surface area (TPSA) is 94.7 Å². The van der Waals surface area contributed by atoms with Crippen LogP contribution in [0, 0.1) is 11.7 Å². The minimum atomic E-state index is -0.483. The lowest BCUT2D eigenvalue weighted by atomic mass is 9.87. The summed E-state index contributed by atoms with van der Waals surface area (Å²) in [5.74, 6) is 1.11. The predicted octanol–water partition coefficient (Wildman–Crippen LogP) is 3.91. The molecule has 2 atom stereocenters. The van der Waals surface area contributed by atoms with Crippen molar-refractivity contribution < 1.29 is 9.13 Å². The van der Waals surface area contributed by atoms with Crippen LogP contribution in [-0.4, -0.2) is 48.2 Å². The van der Waals surface area contributed by atoms with Gasteiger partial charge in [0.1, 0.15) is 12.9 Å². The van der Waals surface area contributed by atoms with Crippen LogP contribution in [0.1, 0.15) is 30.0 Å². The van der Waals surface area contributed by atoms with E-state index in [1.54, 1.807) is 35.9 Å². The van der Waals surface area contributed by atoms with Crippen LogP contribution in [0.2, 0.25) is 5.02 Å². The molecule has 12 heteroatoms. The van der Waals surface area contributed by atoms with E-state index in [9.17, 15) is 4.39 Å². The molecule has 0 radical (unpaired) electrons. The van der Waals surface area contributed by atoms with Crippen LogP contribution in [0.4, 0.5) is 10.3 Å². The second-order valence-corrected chi connectivity index (χ2v) is 9.18. The van der Waals surface area contributed by atoms with E-state index in [1.807, 2.05) is 5.38 Å². The molecule has 2 unspecified atom stereocenters. The molecule has 0 saturated carbocycles. The Morgan fingerprint density at radius 2 is 2.12 bits per heavy atom. The molecule has 1 aliphatic rings. The average Bonchev–Trinajstić information content (AvgIpc) is 3.51. The molecule has 5 rings (SSSR count). The minimum Gasteiger partial charge on any atom is -0.484 e. The molecule has 170 valence electrons. The molecule has 0 aliphatic carbocycles. The Labute approximate surface area is 198 Å². The number of nitrogens with zero attached hydrogens (tertiary/aromatic N) is 8. The Morgan fingerprint density at radius 3 is 2.85 bits per heavy atom. The van der Waals surface area contributed by atoms with Gasteiger partial charge in [-0.15, -0.1) is 16.4 Å². The number of benzene rings is 1. The van der Waals surface area contributed by atoms with E-state index in [2.05, 4.69) is 37.3 Å². The molecule has 1 aromatic carbocycles. The van der Waals surface area contributed by atoms with Crippen molar-refractivity contribution in [2.75, 3.05) is 18.0 Å². The summed E-state index contributed by atoms with van der Waals surface area (Å²) in [5, 5.41) is 14.4. The first-order chi connectivity index (χ1) is 16.1. The van der Waals surface area contributed by atoms with Crippen LogP contribution < -0.4 is 9.64 Å². The highest BCUT2D eigenvalue weighted by molar-refractivity contribution is 7.09. The van der Waals surface area contributed by atoms with Gasteiger partial charge in [-0.25, -0.2) is 24.0 Å². The Hall–Kier alpha value is -3.18. The molecule has 33 heavy (non-hydrogen) atoms. The number of halogens is 2. The second kappa shape index (κ2) is 9.36. The quantitative estimate of drug-likeness (QED) is 0.405. The van der Waals surface area contributed by atoms with Crippen LogP contribution in [0.3, 0.4) is 0 Å². The van der Waals surface area contributed by atoms with Crippen molar-refractivity contribution in [1.82, 2.24) is 35.2 Å². The first kappa shape index (κ1) is 21.7. The number of thiazole rings is 1. The maximum Gasteiger partial charge on any atom is 0.225 e. The van der Waals surface area contributed by atoms with E-state index in [0.717, 1.165) is 30.2 Å². The molecule has 0 amide bonds. The summed E-state index contributed by atoms with van der Waals surface area (Å²) in [6.07, 6.45) is 5.60. The highest BCUT2D eigenvalue weighted by Crippen LogP contribution is 2.35. The zero-order chi connectivity index (χ0) is 22.8. The standard InChI is InChI=1S/C21H20ClFN8OS/c1-13-9-30(21-24-7-14(22)8-25-21)5-4-17(13)20-27-15(11-33-20)10-32-19-3-2-16(6-18(19)23)31-12-26-28-29-31/h2-3,6-8,11-13,17H,4-5,9-10H2,1H3. The number of piperidine rings is 1. The molecule has 1 saturated heterocycles. The van der Waals surface area contributed by atoms with E-state index in [1.165, 1.54) is 17.1 Å². The third-order valence-electron chi connectivity index (χ3n) is 5.59. The first-order valence-electron chi connectivity index (χ1n) is 10.4. The van der Waals surface area contributed by atoms with Gasteiger partial charge in [0.05, 0.1) is 33.8 Å². The number of hydrogen-bond donors (Lipinski definition) is 0. The summed E-state index contributed by atoms with van der Waals surface area (Å²) in [7, 11) is 0. The number of anilines is 1. The van der Waals surface area contributed by atoms with Gasteiger partial charge in [-0.3, -0.25) is 0 Å². The van der Waals surface area contributed by atoms with Crippen LogP contribution in [0.15, 0.2) is 42.3 Å². The zero-order valence-corrected chi connectivity index (χ0v) is 19.2. The Bertz CT molecular complexity index is 1220. The maximum absolute atomic E-state index is 14.4. The molecule has 0 spiro atoms. The molecule has 9 nitrogen and oxygen atoms in total. The molecule has 0 N–H and O–H groups in total. The molecule has 0 bridgehead atoms. The van der Waals surface area contributed by atoms with E-state index < -0.39 is 5.82 Å². The summed E-state index contributed by atoms with van der Waals surface area (Å²) in [6, 6.07) is 4.59. The van der Waals surface area contributed by atoms with Crippen LogP contribution in [0.5, 0.6) is 5.75 Å². The van der Waals surface area contributed by atoms with Crippen molar-refractivity contribution in [2.24, 2.45) is 5.92 Å². The van der Waals surface area contributed by atoms with E-state index >= 15 is 0 Å². The predicted molar refractivity (Wildman–Crippen MR) is 121 cm³/mol. The summed E-state index contributed by atoms with van der Waals surface area (Å²) < 4.78 is 21.5. The molecule has 4 aromatic rings. The van der Waals surface area contributed by atoms with E-state index in [4.69, 9.17) is 21.3 Å². The normalized spacial score (nSPS) is 18.5. The first-order valence-corrected chi connectivity index (χ1v) is 11.6. The van der Waals surface area contributed by atoms with Gasteiger partial charge < -0.3 is 9.64 Å². The molecular weight excluding hydrogens is 467 g/mol. The maximum atomic E-state index is 14.4. The number of ether oxygens (including phenoxy) is 1. The Morgan fingerprint density at radius 1 is 1.27 bits per heavy atom. The van der Waals surface area contributed by atoms with Crippen molar-refractivity contribution in [3.05, 3.63) is 63.8 Å². The van der Waals surface area contributed by atoms with Crippen molar-refractivity contribution in [3.8, 4) is 11.4 Å². The lowest BCUT2D eigenvalue weighted by Crippen LogP contribution is -2.39. The van der Waals surface area contributed by atoms with Gasteiger partial charge in [-0.05, 0) is 34.9 Å². The number of tetrazole rings is 1. The lowest BCUT2D eigenvalue weighted by molar-refractivity contribution is 0.285. The average molecular weight is 487 g/mol. The lowest BCUT2D eigenvalue weighted by Gasteiger charge is -2.36. The van der Waals surface area contributed by atoms with Crippen molar-refractivity contribution in [1.29, 1.82) is 0 Å². The number of rotatable bonds is 6. The van der Waals surface area contributed by atoms with Crippen LogP contribution in [-0.2, 0) is 6.61 Å². The fourth-order valence-electron chi connectivity index (χ4n) is 3.90. The summed E-state index contributed by atoms with van der Waals surface area (Å²) in [6.45, 7) is 4.10. The summed E-state index contributed by atoms with van der Waals surface area (Å²) in [4.78, 5) is 15.6. The number of hydrogen-bond acceptors (Lipinski definition) is 9. The zero-order valence-electron chi connectivity index (χ0n) is 17.7. The summed E-state index contributed by atoms with van der Waals surface area (Å²) >= 11 is 7.52. The van der Waals surface area contributed by atoms with E-state index in [0.29, 0.717) is 28.5 Å². The second-order valence-electron chi connectivity index (χ2n) is 7.85.